The quantitative estimate of drug-likeness (QED) is 0.291. The topological polar surface area (TPSA) is 77.1 Å². The van der Waals surface area contributed by atoms with Gasteiger partial charge in [0.1, 0.15) is 13.2 Å². The van der Waals surface area contributed by atoms with Gasteiger partial charge < -0.3 is 19.5 Å². The fourth-order valence-electron chi connectivity index (χ4n) is 4.99. The maximum absolute atomic E-state index is 13.6. The van der Waals surface area contributed by atoms with E-state index in [1.165, 1.54) is 0 Å². The van der Waals surface area contributed by atoms with E-state index in [2.05, 4.69) is 11.4 Å². The van der Waals surface area contributed by atoms with Crippen LogP contribution in [0.4, 0.5) is 5.69 Å². The summed E-state index contributed by atoms with van der Waals surface area (Å²) in [6.07, 6.45) is 1.71. The molecule has 0 radical (unpaired) electrons. The molecule has 1 unspecified atom stereocenters. The molecule has 0 saturated heterocycles. The molecule has 2 aliphatic rings. The number of ether oxygens (including phenoxy) is 3. The standard InChI is InChI=1S/C34H30N2O5/c1-22-6-5-7-25(18-22)21-36-28-8-3-4-9-29(28)41-32(34(36)38)19-24-10-12-26(13-11-24)33(37)35-23(2)27-14-15-30-31(20-27)40-17-16-39-30/h3-15,18-20,23H,16-17,21H2,1-2H3,(H,35,37)/b32-19+. The van der Waals surface area contributed by atoms with Crippen LogP contribution in [0.3, 0.4) is 0 Å². The second-order valence-electron chi connectivity index (χ2n) is 10.2. The van der Waals surface area contributed by atoms with Crippen molar-refractivity contribution in [2.24, 2.45) is 0 Å². The molecule has 0 spiro atoms. The predicted molar refractivity (Wildman–Crippen MR) is 157 cm³/mol. The maximum atomic E-state index is 13.6. The molecule has 0 fully saturated rings. The largest absolute Gasteiger partial charge is 0.486 e. The number of nitrogens with one attached hydrogen (secondary N) is 1. The molecule has 4 aromatic rings. The number of amides is 2. The molecule has 7 nitrogen and oxygen atoms in total. The molecule has 6 rings (SSSR count). The Labute approximate surface area is 239 Å². The zero-order valence-corrected chi connectivity index (χ0v) is 22.9. The fraction of sp³-hybridized carbons (Fsp3) is 0.176. The van der Waals surface area contributed by atoms with Crippen LogP contribution in [-0.4, -0.2) is 25.0 Å². The Kier molecular flexibility index (Phi) is 7.17. The zero-order valence-electron chi connectivity index (χ0n) is 22.9. The minimum absolute atomic E-state index is 0.199. The van der Waals surface area contributed by atoms with E-state index in [1.54, 1.807) is 35.2 Å². The highest BCUT2D eigenvalue weighted by molar-refractivity contribution is 6.09. The number of carbonyl (C=O) groups is 2. The summed E-state index contributed by atoms with van der Waals surface area (Å²) in [7, 11) is 0. The van der Waals surface area contributed by atoms with Gasteiger partial charge in [-0.2, -0.15) is 0 Å². The van der Waals surface area contributed by atoms with Crippen molar-refractivity contribution in [2.75, 3.05) is 18.1 Å². The number of fused-ring (bicyclic) bond motifs is 2. The van der Waals surface area contributed by atoms with Crippen LogP contribution in [0, 0.1) is 6.92 Å². The van der Waals surface area contributed by atoms with Crippen LogP contribution in [0.5, 0.6) is 17.2 Å². The third-order valence-electron chi connectivity index (χ3n) is 7.14. The summed E-state index contributed by atoms with van der Waals surface area (Å²) < 4.78 is 17.3. The van der Waals surface area contributed by atoms with Crippen molar-refractivity contribution in [1.82, 2.24) is 5.32 Å². The van der Waals surface area contributed by atoms with Crippen molar-refractivity contribution < 1.29 is 23.8 Å². The van der Waals surface area contributed by atoms with E-state index in [4.69, 9.17) is 14.2 Å². The van der Waals surface area contributed by atoms with Crippen LogP contribution in [0.1, 0.15) is 45.6 Å². The van der Waals surface area contributed by atoms with Gasteiger partial charge in [-0.05, 0) is 73.0 Å². The number of nitrogens with zero attached hydrogens (tertiary/aromatic N) is 1. The second kappa shape index (κ2) is 11.2. The van der Waals surface area contributed by atoms with Gasteiger partial charge in [0.15, 0.2) is 23.0 Å². The molecule has 0 aromatic heterocycles. The molecule has 0 saturated carbocycles. The third-order valence-corrected chi connectivity index (χ3v) is 7.14. The number of hydrogen-bond acceptors (Lipinski definition) is 5. The van der Waals surface area contributed by atoms with E-state index >= 15 is 0 Å². The summed E-state index contributed by atoms with van der Waals surface area (Å²) in [5.41, 5.74) is 5.09. The summed E-state index contributed by atoms with van der Waals surface area (Å²) in [4.78, 5) is 28.3. The van der Waals surface area contributed by atoms with E-state index in [0.29, 0.717) is 42.6 Å². The number of aryl methyl sites for hydroxylation is 1. The Morgan fingerprint density at radius 3 is 2.49 bits per heavy atom. The molecule has 2 amide bonds. The molecule has 41 heavy (non-hydrogen) atoms. The molecule has 206 valence electrons. The highest BCUT2D eigenvalue weighted by Crippen LogP contribution is 2.37. The summed E-state index contributed by atoms with van der Waals surface area (Å²) in [5.74, 6) is 1.82. The Hall–Kier alpha value is -5.04. The molecule has 0 bridgehead atoms. The molecule has 2 aliphatic heterocycles. The maximum Gasteiger partial charge on any atom is 0.294 e. The lowest BCUT2D eigenvalue weighted by atomic mass is 10.1. The first-order valence-corrected chi connectivity index (χ1v) is 13.6. The van der Waals surface area contributed by atoms with Gasteiger partial charge in [0, 0.05) is 5.56 Å². The first-order valence-electron chi connectivity index (χ1n) is 13.6. The van der Waals surface area contributed by atoms with Gasteiger partial charge in [-0.25, -0.2) is 0 Å². The minimum Gasteiger partial charge on any atom is -0.486 e. The molecule has 4 aromatic carbocycles. The number of para-hydroxylation sites is 2. The van der Waals surface area contributed by atoms with E-state index in [-0.39, 0.29) is 23.6 Å². The zero-order chi connectivity index (χ0) is 28.3. The molecule has 2 heterocycles. The first kappa shape index (κ1) is 26.2. The predicted octanol–water partition coefficient (Wildman–Crippen LogP) is 6.22. The lowest BCUT2D eigenvalue weighted by Crippen LogP contribution is -2.36. The lowest BCUT2D eigenvalue weighted by molar-refractivity contribution is -0.117. The number of benzene rings is 4. The van der Waals surface area contributed by atoms with Gasteiger partial charge >= 0.3 is 0 Å². The summed E-state index contributed by atoms with van der Waals surface area (Å²) in [6.45, 7) is 5.43. The Morgan fingerprint density at radius 1 is 0.902 bits per heavy atom. The van der Waals surface area contributed by atoms with Gasteiger partial charge in [-0.15, -0.1) is 0 Å². The van der Waals surface area contributed by atoms with E-state index < -0.39 is 0 Å². The Bertz CT molecular complexity index is 1640. The first-order chi connectivity index (χ1) is 19.9. The lowest BCUT2D eigenvalue weighted by Gasteiger charge is -2.30. The van der Waals surface area contributed by atoms with Gasteiger partial charge in [-0.3, -0.25) is 14.5 Å². The van der Waals surface area contributed by atoms with Gasteiger partial charge in [0.2, 0.25) is 0 Å². The summed E-state index contributed by atoms with van der Waals surface area (Å²) >= 11 is 0. The smallest absolute Gasteiger partial charge is 0.294 e. The minimum atomic E-state index is -0.229. The third kappa shape index (κ3) is 5.65. The second-order valence-corrected chi connectivity index (χ2v) is 10.2. The van der Waals surface area contributed by atoms with Crippen LogP contribution >= 0.6 is 0 Å². The molecular weight excluding hydrogens is 516 g/mol. The summed E-state index contributed by atoms with van der Waals surface area (Å²) in [6, 6.07) is 28.2. The highest BCUT2D eigenvalue weighted by atomic mass is 16.6. The molecule has 0 aliphatic carbocycles. The molecular formula is C34H30N2O5. The average molecular weight is 547 g/mol. The number of rotatable bonds is 6. The van der Waals surface area contributed by atoms with Crippen LogP contribution in [0.25, 0.3) is 6.08 Å². The summed E-state index contributed by atoms with van der Waals surface area (Å²) in [5, 5.41) is 3.03. The van der Waals surface area contributed by atoms with Crippen molar-refractivity contribution in [3.8, 4) is 17.2 Å². The van der Waals surface area contributed by atoms with Gasteiger partial charge in [0.25, 0.3) is 11.8 Å². The number of anilines is 1. The average Bonchev–Trinajstić information content (AvgIpc) is 2.99. The van der Waals surface area contributed by atoms with Gasteiger partial charge in [-0.1, -0.05) is 60.2 Å². The van der Waals surface area contributed by atoms with Crippen LogP contribution < -0.4 is 24.4 Å². The Morgan fingerprint density at radius 2 is 1.68 bits per heavy atom. The van der Waals surface area contributed by atoms with Crippen molar-refractivity contribution in [3.05, 3.63) is 125 Å². The van der Waals surface area contributed by atoms with Crippen molar-refractivity contribution in [1.29, 1.82) is 0 Å². The Balaban J connectivity index is 1.18. The normalized spacial score (nSPS) is 15.6. The van der Waals surface area contributed by atoms with Crippen molar-refractivity contribution in [3.63, 3.8) is 0 Å². The van der Waals surface area contributed by atoms with Crippen molar-refractivity contribution in [2.45, 2.75) is 26.4 Å². The highest BCUT2D eigenvalue weighted by Gasteiger charge is 2.30. The van der Waals surface area contributed by atoms with E-state index in [1.807, 2.05) is 74.5 Å². The molecule has 1 N–H and O–H groups in total. The molecule has 7 heteroatoms. The van der Waals surface area contributed by atoms with Crippen molar-refractivity contribution >= 4 is 23.6 Å². The van der Waals surface area contributed by atoms with Crippen LogP contribution in [0.2, 0.25) is 0 Å². The number of hydrogen-bond donors (Lipinski definition) is 1. The SMILES string of the molecule is Cc1cccc(CN2C(=O)/C(=C\c3ccc(C(=O)NC(C)c4ccc5c(c4)OCCO5)cc3)Oc3ccccc32)c1. The van der Waals surface area contributed by atoms with Gasteiger partial charge in [0.05, 0.1) is 18.3 Å². The van der Waals surface area contributed by atoms with E-state index in [9.17, 15) is 9.59 Å². The van der Waals surface area contributed by atoms with Crippen LogP contribution in [-0.2, 0) is 11.3 Å². The number of carbonyl (C=O) groups excluding carboxylic acids is 2. The molecule has 1 atom stereocenters. The monoisotopic (exact) mass is 546 g/mol. The fourth-order valence-corrected chi connectivity index (χ4v) is 4.99. The van der Waals surface area contributed by atoms with E-state index in [0.717, 1.165) is 27.9 Å². The van der Waals surface area contributed by atoms with Crippen LogP contribution in [0.15, 0.2) is 96.8 Å².